The maximum absolute atomic E-state index is 2.75. The zero-order chi connectivity index (χ0) is 14.7. The highest BCUT2D eigenvalue weighted by molar-refractivity contribution is 4.88. The van der Waals surface area contributed by atoms with Crippen molar-refractivity contribution in [1.29, 1.82) is 0 Å². The second-order valence-electron chi connectivity index (χ2n) is 7.64. The van der Waals surface area contributed by atoms with Crippen LogP contribution in [0.5, 0.6) is 0 Å². The molecule has 0 radical (unpaired) electrons. The first kappa shape index (κ1) is 15.7. The summed E-state index contributed by atoms with van der Waals surface area (Å²) in [6.07, 6.45) is 5.78. The van der Waals surface area contributed by atoms with Gasteiger partial charge in [0.2, 0.25) is 0 Å². The van der Waals surface area contributed by atoms with E-state index in [0.29, 0.717) is 0 Å². The molecule has 3 saturated heterocycles. The molecule has 122 valence electrons. The van der Waals surface area contributed by atoms with E-state index in [1.54, 1.807) is 0 Å². The molecule has 0 bridgehead atoms. The number of piperidine rings is 1. The molecular formula is C17H34N4. The number of nitrogens with zero attached hydrogens (tertiary/aromatic N) is 4. The van der Waals surface area contributed by atoms with Gasteiger partial charge in [-0.2, -0.15) is 0 Å². The number of likely N-dealkylation sites (tertiary alicyclic amines) is 2. The molecule has 0 atom stereocenters. The third-order valence-corrected chi connectivity index (χ3v) is 5.89. The van der Waals surface area contributed by atoms with Crippen LogP contribution in [0, 0.1) is 5.92 Å². The van der Waals surface area contributed by atoms with E-state index in [-0.39, 0.29) is 0 Å². The SMILES string of the molecule is CN1CCN(CCCC2CCN(C3CN(C)C3)CC2)CC1. The first-order valence-electron chi connectivity index (χ1n) is 9.04. The van der Waals surface area contributed by atoms with Gasteiger partial charge in [0.15, 0.2) is 0 Å². The molecule has 0 amide bonds. The van der Waals surface area contributed by atoms with E-state index in [4.69, 9.17) is 0 Å². The van der Waals surface area contributed by atoms with Crippen LogP contribution < -0.4 is 0 Å². The van der Waals surface area contributed by atoms with Crippen LogP contribution in [0.1, 0.15) is 25.7 Å². The molecule has 4 nitrogen and oxygen atoms in total. The van der Waals surface area contributed by atoms with Gasteiger partial charge in [-0.25, -0.2) is 0 Å². The minimum absolute atomic E-state index is 0.876. The first-order chi connectivity index (χ1) is 10.2. The summed E-state index contributed by atoms with van der Waals surface area (Å²) in [6.45, 7) is 11.7. The molecule has 0 aliphatic carbocycles. The maximum atomic E-state index is 2.75. The highest BCUT2D eigenvalue weighted by Gasteiger charge is 2.31. The Morgan fingerprint density at radius 3 is 2.10 bits per heavy atom. The fraction of sp³-hybridized carbons (Fsp3) is 1.00. The average Bonchev–Trinajstić information content (AvgIpc) is 2.47. The Hall–Kier alpha value is -0.160. The molecule has 3 aliphatic rings. The van der Waals surface area contributed by atoms with E-state index >= 15 is 0 Å². The lowest BCUT2D eigenvalue weighted by Gasteiger charge is -2.46. The molecule has 0 unspecified atom stereocenters. The number of hydrogen-bond acceptors (Lipinski definition) is 4. The van der Waals surface area contributed by atoms with Crippen LogP contribution >= 0.6 is 0 Å². The van der Waals surface area contributed by atoms with E-state index in [0.717, 1.165) is 12.0 Å². The molecule has 21 heavy (non-hydrogen) atoms. The number of piperazine rings is 1. The van der Waals surface area contributed by atoms with Gasteiger partial charge >= 0.3 is 0 Å². The summed E-state index contributed by atoms with van der Waals surface area (Å²) < 4.78 is 0. The molecule has 3 fully saturated rings. The molecule has 0 saturated carbocycles. The van der Waals surface area contributed by atoms with Crippen molar-refractivity contribution < 1.29 is 0 Å². The lowest BCUT2D eigenvalue weighted by molar-refractivity contribution is 0.0278. The summed E-state index contributed by atoms with van der Waals surface area (Å²) in [5.74, 6) is 1.01. The minimum Gasteiger partial charge on any atom is -0.304 e. The lowest BCUT2D eigenvalue weighted by atomic mass is 9.90. The van der Waals surface area contributed by atoms with Crippen LogP contribution in [-0.2, 0) is 0 Å². The summed E-state index contributed by atoms with van der Waals surface area (Å²) in [6, 6.07) is 0.876. The van der Waals surface area contributed by atoms with Crippen LogP contribution in [0.4, 0.5) is 0 Å². The van der Waals surface area contributed by atoms with Gasteiger partial charge in [0.1, 0.15) is 0 Å². The van der Waals surface area contributed by atoms with Crippen molar-refractivity contribution in [2.24, 2.45) is 5.92 Å². The molecule has 3 aliphatic heterocycles. The predicted molar refractivity (Wildman–Crippen MR) is 88.8 cm³/mol. The third kappa shape index (κ3) is 4.41. The standard InChI is InChI=1S/C17H34N4/c1-18-10-12-20(13-11-18)7-3-4-16-5-8-21(9-6-16)17-14-19(2)15-17/h16-17H,3-15H2,1-2H3. The van der Waals surface area contributed by atoms with Crippen LogP contribution in [-0.4, -0.2) is 98.6 Å². The molecule has 0 spiro atoms. The van der Waals surface area contributed by atoms with Crippen LogP contribution in [0.25, 0.3) is 0 Å². The quantitative estimate of drug-likeness (QED) is 0.751. The van der Waals surface area contributed by atoms with Gasteiger partial charge in [-0.05, 0) is 65.3 Å². The largest absolute Gasteiger partial charge is 0.304 e. The Kier molecular flexibility index (Phi) is 5.54. The fourth-order valence-electron chi connectivity index (χ4n) is 4.18. The van der Waals surface area contributed by atoms with Gasteiger partial charge < -0.3 is 14.7 Å². The molecule has 0 aromatic heterocycles. The van der Waals surface area contributed by atoms with E-state index < -0.39 is 0 Å². The van der Waals surface area contributed by atoms with Crippen LogP contribution in [0.2, 0.25) is 0 Å². The normalized spacial score (nSPS) is 28.9. The second kappa shape index (κ2) is 7.40. The van der Waals surface area contributed by atoms with Crippen molar-refractivity contribution >= 4 is 0 Å². The highest BCUT2D eigenvalue weighted by atomic mass is 15.3. The summed E-state index contributed by atoms with van der Waals surface area (Å²) in [5.41, 5.74) is 0. The molecular weight excluding hydrogens is 260 g/mol. The number of hydrogen-bond donors (Lipinski definition) is 0. The van der Waals surface area contributed by atoms with Gasteiger partial charge in [0.05, 0.1) is 0 Å². The Balaban J connectivity index is 1.26. The van der Waals surface area contributed by atoms with E-state index in [1.807, 2.05) is 0 Å². The van der Waals surface area contributed by atoms with Crippen LogP contribution in [0.3, 0.4) is 0 Å². The zero-order valence-corrected chi connectivity index (χ0v) is 14.1. The summed E-state index contributed by atoms with van der Waals surface area (Å²) in [7, 11) is 4.48. The van der Waals surface area contributed by atoms with Gasteiger partial charge in [-0.15, -0.1) is 0 Å². The van der Waals surface area contributed by atoms with E-state index in [1.165, 1.54) is 84.6 Å². The molecule has 4 heteroatoms. The second-order valence-corrected chi connectivity index (χ2v) is 7.64. The summed E-state index contributed by atoms with van der Waals surface area (Å²) in [4.78, 5) is 10.3. The third-order valence-electron chi connectivity index (χ3n) is 5.89. The smallest absolute Gasteiger partial charge is 0.0350 e. The van der Waals surface area contributed by atoms with Crippen molar-refractivity contribution in [3.05, 3.63) is 0 Å². The Bertz CT molecular complexity index is 300. The number of rotatable bonds is 5. The van der Waals surface area contributed by atoms with Crippen molar-refractivity contribution in [2.75, 3.05) is 73.0 Å². The molecule has 3 heterocycles. The molecule has 0 aromatic carbocycles. The Morgan fingerprint density at radius 1 is 0.810 bits per heavy atom. The van der Waals surface area contributed by atoms with Gasteiger partial charge in [0.25, 0.3) is 0 Å². The number of likely N-dealkylation sites (N-methyl/N-ethyl adjacent to an activating group) is 2. The first-order valence-corrected chi connectivity index (χ1v) is 9.04. The topological polar surface area (TPSA) is 13.0 Å². The maximum Gasteiger partial charge on any atom is 0.0350 e. The van der Waals surface area contributed by atoms with Crippen molar-refractivity contribution in [2.45, 2.75) is 31.7 Å². The van der Waals surface area contributed by atoms with Crippen molar-refractivity contribution in [1.82, 2.24) is 19.6 Å². The Morgan fingerprint density at radius 2 is 1.48 bits per heavy atom. The van der Waals surface area contributed by atoms with E-state index in [9.17, 15) is 0 Å². The van der Waals surface area contributed by atoms with Crippen molar-refractivity contribution in [3.8, 4) is 0 Å². The summed E-state index contributed by atoms with van der Waals surface area (Å²) in [5, 5.41) is 0. The minimum atomic E-state index is 0.876. The average molecular weight is 294 g/mol. The van der Waals surface area contributed by atoms with Gasteiger partial charge in [-0.3, -0.25) is 4.90 Å². The van der Waals surface area contributed by atoms with Gasteiger partial charge in [-0.1, -0.05) is 0 Å². The Labute approximate surface area is 131 Å². The molecule has 0 N–H and O–H groups in total. The summed E-state index contributed by atoms with van der Waals surface area (Å²) >= 11 is 0. The zero-order valence-electron chi connectivity index (χ0n) is 14.1. The molecule has 0 aromatic rings. The highest BCUT2D eigenvalue weighted by Crippen LogP contribution is 2.25. The van der Waals surface area contributed by atoms with Crippen LogP contribution in [0.15, 0.2) is 0 Å². The fourth-order valence-corrected chi connectivity index (χ4v) is 4.18. The van der Waals surface area contributed by atoms with Crippen molar-refractivity contribution in [3.63, 3.8) is 0 Å². The van der Waals surface area contributed by atoms with Gasteiger partial charge in [0, 0.05) is 45.3 Å². The predicted octanol–water partition coefficient (Wildman–Crippen LogP) is 1.04. The van der Waals surface area contributed by atoms with E-state index in [2.05, 4.69) is 33.7 Å². The monoisotopic (exact) mass is 294 g/mol. The molecule has 3 rings (SSSR count). The lowest BCUT2D eigenvalue weighted by Crippen LogP contribution is -2.59.